The van der Waals surface area contributed by atoms with Crippen LogP contribution in [0.3, 0.4) is 0 Å². The minimum absolute atomic E-state index is 0.203. The molecular formula is C21H18BrFN2O4S. The molecule has 0 unspecified atom stereocenters. The van der Waals surface area contributed by atoms with E-state index in [0.29, 0.717) is 23.6 Å². The van der Waals surface area contributed by atoms with Crippen LogP contribution in [0.5, 0.6) is 5.75 Å². The quantitative estimate of drug-likeness (QED) is 0.547. The van der Waals surface area contributed by atoms with Gasteiger partial charge in [0.1, 0.15) is 18.1 Å². The number of hydrogen-bond acceptors (Lipinski definition) is 5. The lowest BCUT2D eigenvalue weighted by Crippen LogP contribution is -2.36. The molecule has 0 saturated carbocycles. The maximum Gasteiger partial charge on any atom is 0.294 e. The Morgan fingerprint density at radius 3 is 2.67 bits per heavy atom. The van der Waals surface area contributed by atoms with Crippen molar-refractivity contribution in [3.63, 3.8) is 0 Å². The van der Waals surface area contributed by atoms with E-state index in [2.05, 4.69) is 21.2 Å². The third kappa shape index (κ3) is 5.48. The molecule has 1 saturated heterocycles. The summed E-state index contributed by atoms with van der Waals surface area (Å²) in [5, 5.41) is 2.00. The molecule has 2 aromatic carbocycles. The highest BCUT2D eigenvalue weighted by Gasteiger charge is 2.36. The fourth-order valence-electron chi connectivity index (χ4n) is 2.63. The Bertz CT molecular complexity index is 1010. The molecule has 9 heteroatoms. The van der Waals surface area contributed by atoms with Crippen molar-refractivity contribution < 1.29 is 23.5 Å². The van der Waals surface area contributed by atoms with Crippen molar-refractivity contribution in [2.45, 2.75) is 13.3 Å². The van der Waals surface area contributed by atoms with Gasteiger partial charge in [-0.2, -0.15) is 0 Å². The number of anilines is 1. The van der Waals surface area contributed by atoms with E-state index >= 15 is 0 Å². The summed E-state index contributed by atoms with van der Waals surface area (Å²) in [5.41, 5.74) is 1.02. The van der Waals surface area contributed by atoms with Gasteiger partial charge >= 0.3 is 0 Å². The maximum absolute atomic E-state index is 13.0. The lowest BCUT2D eigenvalue weighted by molar-refractivity contribution is -0.127. The Labute approximate surface area is 185 Å². The van der Waals surface area contributed by atoms with Gasteiger partial charge in [0.15, 0.2) is 0 Å². The molecule has 3 amide bonds. The molecule has 0 atom stereocenters. The van der Waals surface area contributed by atoms with Crippen molar-refractivity contribution >= 4 is 56.5 Å². The summed E-state index contributed by atoms with van der Waals surface area (Å²) in [6.45, 7) is 2.07. The zero-order valence-corrected chi connectivity index (χ0v) is 18.4. The molecule has 1 heterocycles. The first-order chi connectivity index (χ1) is 14.4. The van der Waals surface area contributed by atoms with Crippen LogP contribution in [0.4, 0.5) is 14.9 Å². The molecule has 0 aliphatic carbocycles. The minimum Gasteiger partial charge on any atom is -0.493 e. The zero-order valence-electron chi connectivity index (χ0n) is 16.0. The average molecular weight is 493 g/mol. The summed E-state index contributed by atoms with van der Waals surface area (Å²) >= 11 is 4.15. The third-order valence-corrected chi connectivity index (χ3v) is 5.42. The first kappa shape index (κ1) is 22.0. The van der Waals surface area contributed by atoms with Crippen molar-refractivity contribution in [1.29, 1.82) is 0 Å². The Morgan fingerprint density at radius 2 is 1.97 bits per heavy atom. The van der Waals surface area contributed by atoms with Crippen molar-refractivity contribution in [1.82, 2.24) is 4.90 Å². The van der Waals surface area contributed by atoms with E-state index in [-0.39, 0.29) is 4.91 Å². The molecule has 0 radical (unpaired) electrons. The second-order valence-corrected chi connectivity index (χ2v) is 8.26. The van der Waals surface area contributed by atoms with Crippen LogP contribution in [0.1, 0.15) is 18.9 Å². The zero-order chi connectivity index (χ0) is 21.7. The van der Waals surface area contributed by atoms with Crippen molar-refractivity contribution in [2.75, 3.05) is 18.5 Å². The first-order valence-electron chi connectivity index (χ1n) is 9.10. The van der Waals surface area contributed by atoms with Crippen LogP contribution in [-0.2, 0) is 9.59 Å². The van der Waals surface area contributed by atoms with Crippen molar-refractivity contribution in [2.24, 2.45) is 0 Å². The monoisotopic (exact) mass is 492 g/mol. The van der Waals surface area contributed by atoms with Gasteiger partial charge in [0, 0.05) is 15.7 Å². The predicted octanol–water partition coefficient (Wildman–Crippen LogP) is 5.05. The summed E-state index contributed by atoms with van der Waals surface area (Å²) in [6, 6.07) is 10.6. The molecule has 2 aromatic rings. The normalized spacial score (nSPS) is 15.0. The van der Waals surface area contributed by atoms with Gasteiger partial charge in [0.05, 0.1) is 11.5 Å². The Hall–Kier alpha value is -2.65. The number of thioether (sulfide) groups is 1. The smallest absolute Gasteiger partial charge is 0.294 e. The molecule has 1 aliphatic rings. The summed E-state index contributed by atoms with van der Waals surface area (Å²) in [7, 11) is 0. The molecule has 30 heavy (non-hydrogen) atoms. The highest BCUT2D eigenvalue weighted by molar-refractivity contribution is 9.10. The van der Waals surface area contributed by atoms with Crippen LogP contribution >= 0.6 is 27.7 Å². The standard InChI is InChI=1S/C21H18BrFN2O4S/c1-2-9-29-17-8-3-14(22)10-13(17)11-18-20(27)25(21(28)30-18)12-19(26)24-16-6-4-15(23)5-7-16/h3-8,10-11H,2,9,12H2,1H3,(H,24,26)/b18-11+. The molecule has 3 rings (SSSR count). The van der Waals surface area contributed by atoms with Gasteiger partial charge in [-0.05, 0) is 66.7 Å². The maximum atomic E-state index is 13.0. The van der Waals surface area contributed by atoms with Gasteiger partial charge in [-0.3, -0.25) is 19.3 Å². The molecule has 1 fully saturated rings. The number of amides is 3. The molecule has 0 spiro atoms. The van der Waals surface area contributed by atoms with Gasteiger partial charge in [-0.15, -0.1) is 0 Å². The number of carbonyl (C=O) groups excluding carboxylic acids is 3. The number of halogens is 2. The summed E-state index contributed by atoms with van der Waals surface area (Å²) in [6.07, 6.45) is 2.41. The van der Waals surface area contributed by atoms with Gasteiger partial charge in [0.2, 0.25) is 5.91 Å². The van der Waals surface area contributed by atoms with Gasteiger partial charge in [0.25, 0.3) is 11.1 Å². The van der Waals surface area contributed by atoms with Gasteiger partial charge in [-0.1, -0.05) is 22.9 Å². The molecule has 1 aliphatic heterocycles. The van der Waals surface area contributed by atoms with Gasteiger partial charge < -0.3 is 10.1 Å². The molecule has 156 valence electrons. The largest absolute Gasteiger partial charge is 0.493 e. The van der Waals surface area contributed by atoms with E-state index in [9.17, 15) is 18.8 Å². The van der Waals surface area contributed by atoms with Crippen LogP contribution < -0.4 is 10.1 Å². The number of nitrogens with zero attached hydrogens (tertiary/aromatic N) is 1. The van der Waals surface area contributed by atoms with Crippen LogP contribution in [0.15, 0.2) is 51.8 Å². The molecule has 1 N–H and O–H groups in total. The number of carbonyl (C=O) groups is 3. The van der Waals surface area contributed by atoms with E-state index in [0.717, 1.165) is 27.6 Å². The SMILES string of the molecule is CCCOc1ccc(Br)cc1/C=C1/SC(=O)N(CC(=O)Nc2ccc(F)cc2)C1=O. The fraction of sp³-hybridized carbons (Fsp3) is 0.190. The Balaban J connectivity index is 1.73. The predicted molar refractivity (Wildman–Crippen MR) is 118 cm³/mol. The molecular weight excluding hydrogens is 475 g/mol. The highest BCUT2D eigenvalue weighted by Crippen LogP contribution is 2.34. The number of hydrogen-bond donors (Lipinski definition) is 1. The fourth-order valence-corrected chi connectivity index (χ4v) is 3.84. The number of imide groups is 1. The van der Waals surface area contributed by atoms with E-state index < -0.39 is 29.4 Å². The lowest BCUT2D eigenvalue weighted by atomic mass is 10.2. The van der Waals surface area contributed by atoms with Crippen LogP contribution in [0.2, 0.25) is 0 Å². The highest BCUT2D eigenvalue weighted by atomic mass is 79.9. The summed E-state index contributed by atoms with van der Waals surface area (Å²) in [5.74, 6) is -0.944. The van der Waals surface area contributed by atoms with E-state index in [4.69, 9.17) is 4.74 Å². The van der Waals surface area contributed by atoms with Crippen LogP contribution in [0.25, 0.3) is 6.08 Å². The Morgan fingerprint density at radius 1 is 1.23 bits per heavy atom. The van der Waals surface area contributed by atoms with E-state index in [1.807, 2.05) is 13.0 Å². The molecule has 0 aromatic heterocycles. The third-order valence-electron chi connectivity index (χ3n) is 4.02. The molecule has 0 bridgehead atoms. The average Bonchev–Trinajstić information content (AvgIpc) is 2.96. The summed E-state index contributed by atoms with van der Waals surface area (Å²) < 4.78 is 19.5. The number of nitrogens with one attached hydrogen (secondary N) is 1. The number of ether oxygens (including phenoxy) is 1. The van der Waals surface area contributed by atoms with Crippen molar-refractivity contribution in [3.05, 3.63) is 63.2 Å². The van der Waals surface area contributed by atoms with Crippen LogP contribution in [-0.4, -0.2) is 35.1 Å². The van der Waals surface area contributed by atoms with Crippen molar-refractivity contribution in [3.8, 4) is 5.75 Å². The lowest BCUT2D eigenvalue weighted by Gasteiger charge is -2.12. The topological polar surface area (TPSA) is 75.7 Å². The van der Waals surface area contributed by atoms with Gasteiger partial charge in [-0.25, -0.2) is 4.39 Å². The van der Waals surface area contributed by atoms with Crippen LogP contribution in [0, 0.1) is 5.82 Å². The number of rotatable bonds is 7. The van der Waals surface area contributed by atoms with E-state index in [1.54, 1.807) is 18.2 Å². The molecule has 6 nitrogen and oxygen atoms in total. The second kappa shape index (κ2) is 9.90. The summed E-state index contributed by atoms with van der Waals surface area (Å²) in [4.78, 5) is 38.3. The first-order valence-corrected chi connectivity index (χ1v) is 10.7. The minimum atomic E-state index is -0.556. The Kier molecular flexibility index (Phi) is 7.28. The number of benzene rings is 2. The van der Waals surface area contributed by atoms with E-state index in [1.165, 1.54) is 24.3 Å². The second-order valence-electron chi connectivity index (χ2n) is 6.35.